The Labute approximate surface area is 133 Å². The number of aromatic nitrogens is 1. The minimum absolute atomic E-state index is 0.563. The van der Waals surface area contributed by atoms with Crippen LogP contribution in [0.2, 0.25) is 0 Å². The van der Waals surface area contributed by atoms with Crippen molar-refractivity contribution in [1.29, 1.82) is 0 Å². The number of hydrogen-bond donors (Lipinski definition) is 3. The molecule has 0 atom stereocenters. The SMILES string of the molecule is CCCCCCN=C(N)NCCc1c[nH]c2c(C)cccc12. The van der Waals surface area contributed by atoms with E-state index in [1.807, 2.05) is 0 Å². The molecule has 1 aromatic heterocycles. The highest BCUT2D eigenvalue weighted by atomic mass is 15.1. The molecule has 0 bridgehead atoms. The molecule has 1 heterocycles. The van der Waals surface area contributed by atoms with Gasteiger partial charge >= 0.3 is 0 Å². The molecule has 0 amide bonds. The van der Waals surface area contributed by atoms with Gasteiger partial charge in [0.05, 0.1) is 0 Å². The molecular weight excluding hydrogens is 272 g/mol. The van der Waals surface area contributed by atoms with Crippen LogP contribution < -0.4 is 11.1 Å². The Kier molecular flexibility index (Phi) is 6.31. The van der Waals surface area contributed by atoms with E-state index in [0.717, 1.165) is 25.9 Å². The van der Waals surface area contributed by atoms with E-state index in [4.69, 9.17) is 5.73 Å². The van der Waals surface area contributed by atoms with Crippen molar-refractivity contribution in [3.8, 4) is 0 Å². The molecule has 4 heteroatoms. The number of H-pyrrole nitrogens is 1. The van der Waals surface area contributed by atoms with Crippen molar-refractivity contribution in [3.63, 3.8) is 0 Å². The fourth-order valence-electron chi connectivity index (χ4n) is 2.69. The molecule has 0 saturated heterocycles. The Bertz CT molecular complexity index is 613. The number of nitrogens with two attached hydrogens (primary N) is 1. The summed E-state index contributed by atoms with van der Waals surface area (Å²) in [5, 5.41) is 4.51. The molecule has 0 spiro atoms. The maximum atomic E-state index is 5.90. The molecule has 0 saturated carbocycles. The van der Waals surface area contributed by atoms with Gasteiger partial charge in [0.2, 0.25) is 0 Å². The number of fused-ring (bicyclic) bond motifs is 1. The first-order chi connectivity index (χ1) is 10.7. The zero-order chi connectivity index (χ0) is 15.8. The van der Waals surface area contributed by atoms with Crippen LogP contribution in [0.1, 0.15) is 43.7 Å². The number of aromatic amines is 1. The highest BCUT2D eigenvalue weighted by Crippen LogP contribution is 2.21. The second kappa shape index (κ2) is 8.47. The molecule has 0 radical (unpaired) electrons. The molecule has 120 valence electrons. The number of guanidine groups is 1. The molecule has 0 aliphatic heterocycles. The van der Waals surface area contributed by atoms with E-state index < -0.39 is 0 Å². The van der Waals surface area contributed by atoms with Crippen LogP contribution in [0, 0.1) is 6.92 Å². The fourth-order valence-corrected chi connectivity index (χ4v) is 2.69. The van der Waals surface area contributed by atoms with E-state index in [1.54, 1.807) is 0 Å². The van der Waals surface area contributed by atoms with E-state index in [1.165, 1.54) is 41.3 Å². The van der Waals surface area contributed by atoms with Crippen molar-refractivity contribution in [2.24, 2.45) is 10.7 Å². The lowest BCUT2D eigenvalue weighted by molar-refractivity contribution is 0.673. The first-order valence-corrected chi connectivity index (χ1v) is 8.31. The summed E-state index contributed by atoms with van der Waals surface area (Å²) in [4.78, 5) is 7.73. The molecule has 0 aliphatic rings. The van der Waals surface area contributed by atoms with Crippen molar-refractivity contribution >= 4 is 16.9 Å². The van der Waals surface area contributed by atoms with Crippen LogP contribution in [0.25, 0.3) is 10.9 Å². The van der Waals surface area contributed by atoms with Gasteiger partial charge < -0.3 is 16.0 Å². The minimum Gasteiger partial charge on any atom is -0.370 e. The van der Waals surface area contributed by atoms with Gasteiger partial charge in [-0.15, -0.1) is 0 Å². The summed E-state index contributed by atoms with van der Waals surface area (Å²) in [7, 11) is 0. The first kappa shape index (κ1) is 16.4. The van der Waals surface area contributed by atoms with Gasteiger partial charge in [0, 0.05) is 30.2 Å². The molecule has 22 heavy (non-hydrogen) atoms. The summed E-state index contributed by atoms with van der Waals surface area (Å²) >= 11 is 0. The molecular formula is C18H28N4. The summed E-state index contributed by atoms with van der Waals surface area (Å²) in [5.41, 5.74) is 9.73. The van der Waals surface area contributed by atoms with E-state index in [9.17, 15) is 0 Å². The van der Waals surface area contributed by atoms with Crippen LogP contribution in [-0.2, 0) is 6.42 Å². The lowest BCUT2D eigenvalue weighted by Crippen LogP contribution is -2.33. The quantitative estimate of drug-likeness (QED) is 0.397. The Morgan fingerprint density at radius 2 is 2.14 bits per heavy atom. The molecule has 1 aromatic carbocycles. The van der Waals surface area contributed by atoms with Gasteiger partial charge in [-0.05, 0) is 30.9 Å². The number of unbranched alkanes of at least 4 members (excludes halogenated alkanes) is 3. The summed E-state index contributed by atoms with van der Waals surface area (Å²) < 4.78 is 0. The normalized spacial score (nSPS) is 12.0. The largest absolute Gasteiger partial charge is 0.370 e. The average molecular weight is 300 g/mol. The summed E-state index contributed by atoms with van der Waals surface area (Å²) in [6, 6.07) is 6.40. The standard InChI is InChI=1S/C18H28N4/c1-3-4-5-6-11-20-18(19)21-12-10-15-13-22-17-14(2)8-7-9-16(15)17/h7-9,13,22H,3-6,10-12H2,1-2H3,(H3,19,20,21). The second-order valence-electron chi connectivity index (χ2n) is 5.82. The monoisotopic (exact) mass is 300 g/mol. The van der Waals surface area contributed by atoms with Gasteiger partial charge in [-0.1, -0.05) is 44.4 Å². The first-order valence-electron chi connectivity index (χ1n) is 8.31. The van der Waals surface area contributed by atoms with Crippen LogP contribution in [-0.4, -0.2) is 24.0 Å². The third kappa shape index (κ3) is 4.52. The number of hydrogen-bond acceptors (Lipinski definition) is 1. The lowest BCUT2D eigenvalue weighted by Gasteiger charge is -2.05. The number of nitrogens with one attached hydrogen (secondary N) is 2. The molecule has 0 fully saturated rings. The molecule has 0 unspecified atom stereocenters. The average Bonchev–Trinajstić information content (AvgIpc) is 2.92. The Hall–Kier alpha value is -1.97. The summed E-state index contributed by atoms with van der Waals surface area (Å²) in [6.07, 6.45) is 7.93. The molecule has 4 nitrogen and oxygen atoms in total. The number of nitrogens with zero attached hydrogens (tertiary/aromatic N) is 1. The van der Waals surface area contributed by atoms with Crippen molar-refractivity contribution in [1.82, 2.24) is 10.3 Å². The Balaban J connectivity index is 1.78. The number of aliphatic imine (C=N–C) groups is 1. The zero-order valence-corrected chi connectivity index (χ0v) is 13.8. The van der Waals surface area contributed by atoms with Gasteiger partial charge in [-0.25, -0.2) is 0 Å². The van der Waals surface area contributed by atoms with Crippen LogP contribution in [0.3, 0.4) is 0 Å². The third-order valence-corrected chi connectivity index (χ3v) is 4.00. The van der Waals surface area contributed by atoms with Crippen LogP contribution in [0.4, 0.5) is 0 Å². The van der Waals surface area contributed by atoms with Gasteiger partial charge in [0.15, 0.2) is 5.96 Å². The van der Waals surface area contributed by atoms with Crippen molar-refractivity contribution < 1.29 is 0 Å². The van der Waals surface area contributed by atoms with Gasteiger partial charge in [0.25, 0.3) is 0 Å². The van der Waals surface area contributed by atoms with Crippen molar-refractivity contribution in [2.75, 3.05) is 13.1 Å². The number of para-hydroxylation sites is 1. The van der Waals surface area contributed by atoms with E-state index in [0.29, 0.717) is 5.96 Å². The van der Waals surface area contributed by atoms with Gasteiger partial charge in [0.1, 0.15) is 0 Å². The van der Waals surface area contributed by atoms with E-state index in [-0.39, 0.29) is 0 Å². The van der Waals surface area contributed by atoms with Crippen molar-refractivity contribution in [3.05, 3.63) is 35.5 Å². The smallest absolute Gasteiger partial charge is 0.188 e. The van der Waals surface area contributed by atoms with Crippen LogP contribution in [0.15, 0.2) is 29.4 Å². The van der Waals surface area contributed by atoms with Crippen LogP contribution >= 0.6 is 0 Å². The third-order valence-electron chi connectivity index (χ3n) is 4.00. The minimum atomic E-state index is 0.563. The molecule has 0 aliphatic carbocycles. The topological polar surface area (TPSA) is 66.2 Å². The zero-order valence-electron chi connectivity index (χ0n) is 13.8. The Morgan fingerprint density at radius 3 is 2.95 bits per heavy atom. The van der Waals surface area contributed by atoms with Gasteiger partial charge in [-0.3, -0.25) is 4.99 Å². The molecule has 4 N–H and O–H groups in total. The van der Waals surface area contributed by atoms with E-state index >= 15 is 0 Å². The predicted octanol–water partition coefficient (Wildman–Crippen LogP) is 3.50. The maximum absolute atomic E-state index is 5.90. The Morgan fingerprint density at radius 1 is 1.27 bits per heavy atom. The highest BCUT2D eigenvalue weighted by Gasteiger charge is 2.04. The number of rotatable bonds is 8. The summed E-state index contributed by atoms with van der Waals surface area (Å²) in [6.45, 7) is 5.98. The van der Waals surface area contributed by atoms with E-state index in [2.05, 4.69) is 53.5 Å². The molecule has 2 rings (SSSR count). The summed E-state index contributed by atoms with van der Waals surface area (Å²) in [5.74, 6) is 0.563. The van der Waals surface area contributed by atoms with Crippen molar-refractivity contribution in [2.45, 2.75) is 46.0 Å². The fraction of sp³-hybridized carbons (Fsp3) is 0.500. The lowest BCUT2D eigenvalue weighted by atomic mass is 10.1. The highest BCUT2D eigenvalue weighted by molar-refractivity contribution is 5.86. The van der Waals surface area contributed by atoms with Gasteiger partial charge in [-0.2, -0.15) is 0 Å². The maximum Gasteiger partial charge on any atom is 0.188 e. The predicted molar refractivity (Wildman–Crippen MR) is 95.4 cm³/mol. The number of aryl methyl sites for hydroxylation is 1. The van der Waals surface area contributed by atoms with Crippen LogP contribution in [0.5, 0.6) is 0 Å². The molecule has 2 aromatic rings. The second-order valence-corrected chi connectivity index (χ2v) is 5.82. The number of benzene rings is 1.